The second kappa shape index (κ2) is 5.02. The van der Waals surface area contributed by atoms with Gasteiger partial charge in [0.25, 0.3) is 0 Å². The van der Waals surface area contributed by atoms with Crippen LogP contribution >= 0.6 is 12.2 Å². The van der Waals surface area contributed by atoms with Crippen molar-refractivity contribution in [3.05, 3.63) is 52.4 Å². The molecule has 4 nitrogen and oxygen atoms in total. The number of aryl methyl sites for hydroxylation is 2. The van der Waals surface area contributed by atoms with Crippen LogP contribution in [0.2, 0.25) is 0 Å². The zero-order valence-electron chi connectivity index (χ0n) is 11.3. The number of para-hydroxylation sites is 1. The average molecular weight is 282 g/mol. The fraction of sp³-hybridized carbons (Fsp3) is 0.133. The Hall–Kier alpha value is -2.27. The van der Waals surface area contributed by atoms with E-state index in [4.69, 9.17) is 12.2 Å². The molecule has 0 aliphatic heterocycles. The van der Waals surface area contributed by atoms with Crippen molar-refractivity contribution in [1.82, 2.24) is 15.0 Å². The van der Waals surface area contributed by atoms with Gasteiger partial charge in [-0.15, -0.1) is 0 Å². The lowest BCUT2D eigenvalue weighted by Crippen LogP contribution is -2.00. The second-order valence-corrected chi connectivity index (χ2v) is 5.12. The van der Waals surface area contributed by atoms with Gasteiger partial charge in [0.15, 0.2) is 4.77 Å². The molecule has 0 fully saturated rings. The lowest BCUT2D eigenvalue weighted by atomic mass is 10.2. The molecular weight excluding hydrogens is 268 g/mol. The van der Waals surface area contributed by atoms with Crippen LogP contribution in [0.25, 0.3) is 10.9 Å². The minimum Gasteiger partial charge on any atom is -0.330 e. The number of nitrogens with zero attached hydrogens (tertiary/aromatic N) is 2. The first-order valence-electron chi connectivity index (χ1n) is 6.33. The van der Waals surface area contributed by atoms with Crippen molar-refractivity contribution >= 4 is 34.8 Å². The van der Waals surface area contributed by atoms with Gasteiger partial charge in [0.1, 0.15) is 11.6 Å². The third kappa shape index (κ3) is 2.53. The van der Waals surface area contributed by atoms with Crippen molar-refractivity contribution < 1.29 is 0 Å². The number of H-pyrrole nitrogens is 1. The summed E-state index contributed by atoms with van der Waals surface area (Å²) in [5.41, 5.74) is 3.09. The van der Waals surface area contributed by atoms with Crippen molar-refractivity contribution in [2.24, 2.45) is 0 Å². The molecule has 0 atom stereocenters. The highest BCUT2D eigenvalue weighted by atomic mass is 32.1. The highest BCUT2D eigenvalue weighted by Gasteiger charge is 2.05. The molecule has 0 radical (unpaired) electrons. The Morgan fingerprint density at radius 3 is 2.70 bits per heavy atom. The van der Waals surface area contributed by atoms with E-state index in [1.54, 1.807) is 0 Å². The molecule has 0 amide bonds. The third-order valence-corrected chi connectivity index (χ3v) is 3.17. The van der Waals surface area contributed by atoms with Crippen LogP contribution < -0.4 is 5.32 Å². The Bertz CT molecular complexity index is 818. The summed E-state index contributed by atoms with van der Waals surface area (Å²) in [4.78, 5) is 11.9. The van der Waals surface area contributed by atoms with Crippen molar-refractivity contribution in [2.45, 2.75) is 13.8 Å². The summed E-state index contributed by atoms with van der Waals surface area (Å²) in [6.07, 6.45) is 0. The zero-order chi connectivity index (χ0) is 14.1. The molecule has 0 spiro atoms. The van der Waals surface area contributed by atoms with Crippen LogP contribution in [-0.2, 0) is 0 Å². The minimum absolute atomic E-state index is 0.454. The van der Waals surface area contributed by atoms with Gasteiger partial charge in [-0.25, -0.2) is 9.97 Å². The van der Waals surface area contributed by atoms with Crippen LogP contribution in [0.4, 0.5) is 11.6 Å². The predicted octanol–water partition coefficient (Wildman–Crippen LogP) is 4.05. The molecule has 0 bridgehead atoms. The first-order valence-corrected chi connectivity index (χ1v) is 6.74. The Balaban J connectivity index is 2.12. The molecule has 100 valence electrons. The van der Waals surface area contributed by atoms with E-state index in [1.807, 2.05) is 50.2 Å². The maximum atomic E-state index is 5.17. The smallest absolute Gasteiger partial charge is 0.199 e. The largest absolute Gasteiger partial charge is 0.330 e. The SMILES string of the molecule is Cc1cc(C)nc(Nc2nc(=S)[nH]c3ccccc23)c1. The van der Waals surface area contributed by atoms with Gasteiger partial charge in [-0.2, -0.15) is 0 Å². The number of hydrogen-bond acceptors (Lipinski definition) is 4. The number of anilines is 2. The lowest BCUT2D eigenvalue weighted by Gasteiger charge is -2.09. The van der Waals surface area contributed by atoms with Gasteiger partial charge in [-0.1, -0.05) is 12.1 Å². The summed E-state index contributed by atoms with van der Waals surface area (Å²) in [5.74, 6) is 1.50. The number of pyridine rings is 1. The van der Waals surface area contributed by atoms with E-state index in [9.17, 15) is 0 Å². The quantitative estimate of drug-likeness (QED) is 0.696. The Kier molecular flexibility index (Phi) is 3.20. The van der Waals surface area contributed by atoms with E-state index in [-0.39, 0.29) is 0 Å². The van der Waals surface area contributed by atoms with Crippen LogP contribution in [-0.4, -0.2) is 15.0 Å². The van der Waals surface area contributed by atoms with Crippen LogP contribution in [0, 0.1) is 18.6 Å². The summed E-state index contributed by atoms with van der Waals surface area (Å²) in [5, 5.41) is 4.25. The molecule has 1 aromatic carbocycles. The van der Waals surface area contributed by atoms with Gasteiger partial charge in [-0.3, -0.25) is 0 Å². The standard InChI is InChI=1S/C15H14N4S/c1-9-7-10(2)16-13(8-9)18-14-11-5-3-4-6-12(11)17-15(20)19-14/h3-8H,1-2H3,(H2,16,17,18,19,20). The van der Waals surface area contributed by atoms with Gasteiger partial charge in [0.05, 0.1) is 5.52 Å². The first-order chi connectivity index (χ1) is 9.61. The molecule has 3 rings (SSSR count). The van der Waals surface area contributed by atoms with Crippen molar-refractivity contribution in [1.29, 1.82) is 0 Å². The minimum atomic E-state index is 0.454. The van der Waals surface area contributed by atoms with Gasteiger partial charge in [-0.05, 0) is 55.9 Å². The molecule has 3 aromatic rings. The molecule has 20 heavy (non-hydrogen) atoms. The van der Waals surface area contributed by atoms with Crippen molar-refractivity contribution in [3.63, 3.8) is 0 Å². The normalized spacial score (nSPS) is 10.7. The molecule has 5 heteroatoms. The molecule has 2 aromatic heterocycles. The van der Waals surface area contributed by atoms with Gasteiger partial charge in [0, 0.05) is 11.1 Å². The first kappa shape index (κ1) is 12.7. The van der Waals surface area contributed by atoms with E-state index in [2.05, 4.69) is 20.3 Å². The van der Waals surface area contributed by atoms with Crippen LogP contribution in [0.1, 0.15) is 11.3 Å². The fourth-order valence-corrected chi connectivity index (χ4v) is 2.43. The molecular formula is C15H14N4S. The topological polar surface area (TPSA) is 53.6 Å². The van der Waals surface area contributed by atoms with E-state index in [0.29, 0.717) is 4.77 Å². The zero-order valence-corrected chi connectivity index (χ0v) is 12.1. The highest BCUT2D eigenvalue weighted by Crippen LogP contribution is 2.22. The number of hydrogen-bond donors (Lipinski definition) is 2. The van der Waals surface area contributed by atoms with Crippen LogP contribution in [0.3, 0.4) is 0 Å². The molecule has 0 aliphatic carbocycles. The summed E-state index contributed by atoms with van der Waals surface area (Å²) in [7, 11) is 0. The van der Waals surface area contributed by atoms with E-state index >= 15 is 0 Å². The van der Waals surface area contributed by atoms with Crippen molar-refractivity contribution in [3.8, 4) is 0 Å². The maximum Gasteiger partial charge on any atom is 0.199 e. The summed E-state index contributed by atoms with van der Waals surface area (Å²) >= 11 is 5.17. The predicted molar refractivity (Wildman–Crippen MR) is 83.9 cm³/mol. The molecule has 0 aliphatic rings. The second-order valence-electron chi connectivity index (χ2n) is 4.73. The van der Waals surface area contributed by atoms with Gasteiger partial charge in [0.2, 0.25) is 0 Å². The lowest BCUT2D eigenvalue weighted by molar-refractivity contribution is 1.14. The number of aromatic amines is 1. The molecule has 2 N–H and O–H groups in total. The summed E-state index contributed by atoms with van der Waals surface area (Å²) < 4.78 is 0.454. The summed E-state index contributed by atoms with van der Waals surface area (Å²) in [6, 6.07) is 11.9. The highest BCUT2D eigenvalue weighted by molar-refractivity contribution is 7.71. The van der Waals surface area contributed by atoms with E-state index < -0.39 is 0 Å². The Morgan fingerprint density at radius 2 is 1.90 bits per heavy atom. The molecule has 0 saturated heterocycles. The number of fused-ring (bicyclic) bond motifs is 1. The average Bonchev–Trinajstić information content (AvgIpc) is 2.37. The number of benzene rings is 1. The van der Waals surface area contributed by atoms with Crippen LogP contribution in [0.5, 0.6) is 0 Å². The number of nitrogens with one attached hydrogen (secondary N) is 2. The van der Waals surface area contributed by atoms with Gasteiger partial charge >= 0.3 is 0 Å². The molecule has 0 saturated carbocycles. The monoisotopic (exact) mass is 282 g/mol. The molecule has 0 unspecified atom stereocenters. The van der Waals surface area contributed by atoms with Crippen molar-refractivity contribution in [2.75, 3.05) is 5.32 Å². The number of rotatable bonds is 2. The Morgan fingerprint density at radius 1 is 1.10 bits per heavy atom. The number of aromatic nitrogens is 3. The third-order valence-electron chi connectivity index (χ3n) is 2.98. The summed E-state index contributed by atoms with van der Waals surface area (Å²) in [6.45, 7) is 4.02. The van der Waals surface area contributed by atoms with E-state index in [0.717, 1.165) is 33.8 Å². The van der Waals surface area contributed by atoms with Gasteiger partial charge < -0.3 is 10.3 Å². The van der Waals surface area contributed by atoms with E-state index in [1.165, 1.54) is 0 Å². The van der Waals surface area contributed by atoms with Crippen LogP contribution in [0.15, 0.2) is 36.4 Å². The molecule has 2 heterocycles. The maximum absolute atomic E-state index is 5.17. The Labute approximate surface area is 121 Å². The fourth-order valence-electron chi connectivity index (χ4n) is 2.23.